The summed E-state index contributed by atoms with van der Waals surface area (Å²) in [6, 6.07) is 12.2. The van der Waals surface area contributed by atoms with Gasteiger partial charge in [-0.1, -0.05) is 48.6 Å². The first-order valence-electron chi connectivity index (χ1n) is 7.44. The molecule has 2 aromatic carbocycles. The third-order valence-electron chi connectivity index (χ3n) is 3.19. The topological polar surface area (TPSA) is 95.1 Å². The molecule has 124 valence electrons. The van der Waals surface area contributed by atoms with Crippen molar-refractivity contribution in [2.24, 2.45) is 17.2 Å². The molecule has 0 saturated carbocycles. The fourth-order valence-corrected chi connectivity index (χ4v) is 2.31. The van der Waals surface area contributed by atoms with E-state index in [0.717, 1.165) is 22.8 Å². The van der Waals surface area contributed by atoms with E-state index in [1.807, 2.05) is 36.4 Å². The molecule has 23 heavy (non-hydrogen) atoms. The summed E-state index contributed by atoms with van der Waals surface area (Å²) >= 11 is 0. The maximum atomic E-state index is 11.2. The Kier molecular flexibility index (Phi) is 11.1. The molecule has 0 aliphatic heterocycles. The van der Waals surface area contributed by atoms with Gasteiger partial charge in [0.25, 0.3) is 0 Å². The zero-order valence-electron chi connectivity index (χ0n) is 14.1. The molecule has 0 atom stereocenters. The molecule has 0 heterocycles. The number of allylic oxidation sites excluding steroid dienone is 4. The first kappa shape index (κ1) is 20.7. The molecule has 6 N–H and O–H groups in total. The smallest absolute Gasteiger partial charge is 0.150 e. The average molecular weight is 313 g/mol. The van der Waals surface area contributed by atoms with Gasteiger partial charge in [0.05, 0.1) is 0 Å². The quantitative estimate of drug-likeness (QED) is 0.743. The van der Waals surface area contributed by atoms with Crippen LogP contribution in [0.1, 0.15) is 21.8 Å². The summed E-state index contributed by atoms with van der Waals surface area (Å²) in [5, 5.41) is 2.30. The van der Waals surface area contributed by atoms with Gasteiger partial charge in [-0.2, -0.15) is 0 Å². The number of aldehydes is 1. The summed E-state index contributed by atoms with van der Waals surface area (Å²) in [6.45, 7) is 0. The highest BCUT2D eigenvalue weighted by molar-refractivity contribution is 5.91. The number of rotatable bonds is 2. The van der Waals surface area contributed by atoms with E-state index in [1.165, 1.54) is 26.5 Å². The van der Waals surface area contributed by atoms with Crippen molar-refractivity contribution in [2.75, 3.05) is 21.1 Å². The zero-order chi connectivity index (χ0) is 17.7. The van der Waals surface area contributed by atoms with Gasteiger partial charge < -0.3 is 17.2 Å². The normalized spacial score (nSPS) is 11.6. The predicted molar refractivity (Wildman–Crippen MR) is 101 cm³/mol. The van der Waals surface area contributed by atoms with Crippen LogP contribution in [0.2, 0.25) is 0 Å². The lowest BCUT2D eigenvalue weighted by atomic mass is 9.93. The number of carbonyl (C=O) groups is 1. The van der Waals surface area contributed by atoms with Crippen LogP contribution in [0.5, 0.6) is 0 Å². The van der Waals surface area contributed by atoms with Crippen LogP contribution < -0.4 is 17.2 Å². The fraction of sp³-hybridized carbons (Fsp3) is 0.211. The summed E-state index contributed by atoms with van der Waals surface area (Å²) < 4.78 is 0. The van der Waals surface area contributed by atoms with Crippen molar-refractivity contribution in [2.45, 2.75) is 5.92 Å². The van der Waals surface area contributed by atoms with Gasteiger partial charge >= 0.3 is 0 Å². The Morgan fingerprint density at radius 3 is 1.78 bits per heavy atom. The largest absolute Gasteiger partial charge is 0.333 e. The molecular formula is C19H27N3O. The average Bonchev–Trinajstić information content (AvgIpc) is 3.20. The van der Waals surface area contributed by atoms with Gasteiger partial charge in [-0.3, -0.25) is 4.79 Å². The van der Waals surface area contributed by atoms with E-state index in [0.29, 0.717) is 0 Å². The molecule has 4 heteroatoms. The number of fused-ring (bicyclic) bond motifs is 1. The predicted octanol–water partition coefficient (Wildman–Crippen LogP) is 2.59. The summed E-state index contributed by atoms with van der Waals surface area (Å²) in [5.74, 6) is 0.236. The Balaban J connectivity index is 0.000000728. The van der Waals surface area contributed by atoms with Crippen LogP contribution in [-0.2, 0) is 0 Å². The number of hydrogen-bond acceptors (Lipinski definition) is 4. The monoisotopic (exact) mass is 313 g/mol. The third kappa shape index (κ3) is 5.45. The SMILES string of the molecule is CN.CN.CN.O=Cc1cc2ccccc2cc1C1C=CC=C1. The van der Waals surface area contributed by atoms with Crippen molar-refractivity contribution in [3.05, 3.63) is 71.8 Å². The lowest BCUT2D eigenvalue weighted by Crippen LogP contribution is -1.96. The van der Waals surface area contributed by atoms with Gasteiger partial charge in [-0.05, 0) is 49.6 Å². The molecule has 0 amide bonds. The Labute approximate surface area is 138 Å². The van der Waals surface area contributed by atoms with Crippen molar-refractivity contribution in [1.82, 2.24) is 0 Å². The number of benzene rings is 2. The van der Waals surface area contributed by atoms with E-state index in [2.05, 4.69) is 41.5 Å². The van der Waals surface area contributed by atoms with Crippen LogP contribution in [0.3, 0.4) is 0 Å². The van der Waals surface area contributed by atoms with Crippen molar-refractivity contribution < 1.29 is 4.79 Å². The highest BCUT2D eigenvalue weighted by Gasteiger charge is 2.12. The van der Waals surface area contributed by atoms with Gasteiger partial charge in [-0.15, -0.1) is 0 Å². The molecule has 0 bridgehead atoms. The van der Waals surface area contributed by atoms with Crippen LogP contribution in [0.15, 0.2) is 60.7 Å². The fourth-order valence-electron chi connectivity index (χ4n) is 2.31. The van der Waals surface area contributed by atoms with Gasteiger partial charge in [-0.25, -0.2) is 0 Å². The second-order valence-electron chi connectivity index (χ2n) is 4.24. The van der Waals surface area contributed by atoms with E-state index in [4.69, 9.17) is 0 Å². The maximum absolute atomic E-state index is 11.2. The Bertz CT molecular complexity index is 636. The Morgan fingerprint density at radius 2 is 1.30 bits per heavy atom. The van der Waals surface area contributed by atoms with E-state index < -0.39 is 0 Å². The maximum Gasteiger partial charge on any atom is 0.150 e. The van der Waals surface area contributed by atoms with E-state index in [9.17, 15) is 4.79 Å². The number of hydrogen-bond donors (Lipinski definition) is 3. The highest BCUT2D eigenvalue weighted by Crippen LogP contribution is 2.29. The molecular weight excluding hydrogens is 286 g/mol. The summed E-state index contributed by atoms with van der Waals surface area (Å²) in [6.07, 6.45) is 9.21. The number of carbonyl (C=O) groups excluding carboxylic acids is 1. The van der Waals surface area contributed by atoms with E-state index in [1.54, 1.807) is 0 Å². The Hall–Kier alpha value is -2.27. The van der Waals surface area contributed by atoms with Gasteiger partial charge in [0.1, 0.15) is 6.29 Å². The highest BCUT2D eigenvalue weighted by atomic mass is 16.1. The molecule has 0 unspecified atom stereocenters. The van der Waals surface area contributed by atoms with Crippen LogP contribution >= 0.6 is 0 Å². The minimum Gasteiger partial charge on any atom is -0.333 e. The summed E-state index contributed by atoms with van der Waals surface area (Å²) in [4.78, 5) is 11.2. The standard InChI is InChI=1S/C16H12O.3CH5N/c17-11-15-9-13-7-3-4-8-14(13)10-16(15)12-5-1-2-6-12;3*1-2/h1-12H;3*2H2,1H3. The third-order valence-corrected chi connectivity index (χ3v) is 3.19. The lowest BCUT2D eigenvalue weighted by molar-refractivity contribution is 0.112. The molecule has 0 fully saturated rings. The second kappa shape index (κ2) is 12.3. The Morgan fingerprint density at radius 1 is 0.826 bits per heavy atom. The van der Waals surface area contributed by atoms with E-state index in [-0.39, 0.29) is 5.92 Å². The van der Waals surface area contributed by atoms with Crippen LogP contribution in [0, 0.1) is 0 Å². The minimum atomic E-state index is 0.236. The molecule has 2 aromatic rings. The molecule has 4 nitrogen and oxygen atoms in total. The first-order chi connectivity index (χ1) is 11.4. The molecule has 1 aliphatic carbocycles. The van der Waals surface area contributed by atoms with Crippen molar-refractivity contribution in [1.29, 1.82) is 0 Å². The minimum absolute atomic E-state index is 0.236. The molecule has 3 rings (SSSR count). The second-order valence-corrected chi connectivity index (χ2v) is 4.24. The molecule has 0 radical (unpaired) electrons. The van der Waals surface area contributed by atoms with Crippen molar-refractivity contribution in [3.63, 3.8) is 0 Å². The molecule has 1 aliphatic rings. The lowest BCUT2D eigenvalue weighted by Gasteiger charge is -2.11. The van der Waals surface area contributed by atoms with Gasteiger partial charge in [0, 0.05) is 11.5 Å². The molecule has 0 spiro atoms. The van der Waals surface area contributed by atoms with Crippen molar-refractivity contribution in [3.8, 4) is 0 Å². The number of nitrogens with two attached hydrogens (primary N) is 3. The van der Waals surface area contributed by atoms with Gasteiger partial charge in [0.2, 0.25) is 0 Å². The zero-order valence-corrected chi connectivity index (χ0v) is 14.1. The molecule has 0 aromatic heterocycles. The van der Waals surface area contributed by atoms with Crippen LogP contribution in [0.4, 0.5) is 0 Å². The summed E-state index contributed by atoms with van der Waals surface area (Å²) in [7, 11) is 4.50. The van der Waals surface area contributed by atoms with Crippen LogP contribution in [-0.4, -0.2) is 27.4 Å². The molecule has 0 saturated heterocycles. The van der Waals surface area contributed by atoms with E-state index >= 15 is 0 Å². The van der Waals surface area contributed by atoms with Crippen molar-refractivity contribution >= 4 is 17.1 Å². The first-order valence-corrected chi connectivity index (χ1v) is 7.44. The summed E-state index contributed by atoms with van der Waals surface area (Å²) in [5.41, 5.74) is 15.4. The van der Waals surface area contributed by atoms with Gasteiger partial charge in [0.15, 0.2) is 0 Å². The van der Waals surface area contributed by atoms with Crippen LogP contribution in [0.25, 0.3) is 10.8 Å².